The Morgan fingerprint density at radius 3 is 2.52 bits per heavy atom. The topological polar surface area (TPSA) is 92.2 Å². The van der Waals surface area contributed by atoms with Crippen LogP contribution in [0.4, 0.5) is 5.69 Å². The summed E-state index contributed by atoms with van der Waals surface area (Å²) in [6, 6.07) is 5.68. The highest BCUT2D eigenvalue weighted by Gasteiger charge is 2.21. The van der Waals surface area contributed by atoms with Gasteiger partial charge in [-0.1, -0.05) is 12.1 Å². The van der Waals surface area contributed by atoms with Gasteiger partial charge in [-0.3, -0.25) is 14.4 Å². The molecule has 1 aliphatic heterocycles. The van der Waals surface area contributed by atoms with Gasteiger partial charge in [0.15, 0.2) is 13.1 Å². The summed E-state index contributed by atoms with van der Waals surface area (Å²) in [6.07, 6.45) is 0. The van der Waals surface area contributed by atoms with Gasteiger partial charge in [0, 0.05) is 18.8 Å². The first kappa shape index (κ1) is 20.9. The minimum absolute atomic E-state index is 0.0104. The van der Waals surface area contributed by atoms with Crippen LogP contribution in [0.5, 0.6) is 0 Å². The van der Waals surface area contributed by atoms with E-state index in [9.17, 15) is 14.4 Å². The standard InChI is InChI=1S/C19H28N4O4/c1-14-5-4-6-16(15(14)2)21-17(24)11-20-18(25)12-22(3)13-19(26)23-7-9-27-10-8-23/h4-6H,7-13H2,1-3H3,(H,20,25)(H,21,24)/p+1. The average Bonchev–Trinajstić information content (AvgIpc) is 2.64. The van der Waals surface area contributed by atoms with Crippen LogP contribution in [0.3, 0.4) is 0 Å². The molecule has 1 aromatic rings. The van der Waals surface area contributed by atoms with Crippen molar-refractivity contribution in [1.82, 2.24) is 10.2 Å². The SMILES string of the molecule is Cc1cccc(NC(=O)CNC(=O)C[NH+](C)CC(=O)N2CCOCC2)c1C. The Kier molecular flexibility index (Phi) is 7.75. The molecule has 1 saturated heterocycles. The van der Waals surface area contributed by atoms with Crippen molar-refractivity contribution >= 4 is 23.4 Å². The average molecular weight is 377 g/mol. The monoisotopic (exact) mass is 377 g/mol. The molecular weight excluding hydrogens is 348 g/mol. The molecule has 0 bridgehead atoms. The second-order valence-electron chi connectivity index (χ2n) is 6.88. The molecule has 3 amide bonds. The van der Waals surface area contributed by atoms with E-state index in [1.807, 2.05) is 32.0 Å². The number of quaternary nitrogens is 1. The van der Waals surface area contributed by atoms with E-state index in [1.54, 1.807) is 11.9 Å². The number of benzene rings is 1. The van der Waals surface area contributed by atoms with Crippen LogP contribution in [-0.4, -0.2) is 75.6 Å². The third-order valence-electron chi connectivity index (χ3n) is 4.60. The van der Waals surface area contributed by atoms with E-state index in [1.165, 1.54) is 0 Å². The lowest BCUT2D eigenvalue weighted by molar-refractivity contribution is -0.863. The largest absolute Gasteiger partial charge is 0.378 e. The molecule has 3 N–H and O–H groups in total. The van der Waals surface area contributed by atoms with E-state index < -0.39 is 0 Å². The van der Waals surface area contributed by atoms with E-state index in [0.29, 0.717) is 26.3 Å². The molecule has 1 fully saturated rings. The second-order valence-corrected chi connectivity index (χ2v) is 6.88. The fraction of sp³-hybridized carbons (Fsp3) is 0.526. The van der Waals surface area contributed by atoms with Crippen LogP contribution < -0.4 is 15.5 Å². The fourth-order valence-electron chi connectivity index (χ4n) is 2.84. The Bertz CT molecular complexity index is 686. The first-order valence-electron chi connectivity index (χ1n) is 9.16. The quantitative estimate of drug-likeness (QED) is 0.553. The van der Waals surface area contributed by atoms with Crippen LogP contribution >= 0.6 is 0 Å². The molecule has 1 aromatic carbocycles. The molecule has 0 aromatic heterocycles. The number of nitrogens with zero attached hydrogens (tertiary/aromatic N) is 1. The Hall–Kier alpha value is -2.45. The van der Waals surface area contributed by atoms with E-state index in [4.69, 9.17) is 4.74 Å². The van der Waals surface area contributed by atoms with Crippen molar-refractivity contribution in [2.24, 2.45) is 0 Å². The maximum atomic E-state index is 12.2. The number of morpholine rings is 1. The minimum atomic E-state index is -0.279. The highest BCUT2D eigenvalue weighted by Crippen LogP contribution is 2.17. The van der Waals surface area contributed by atoms with Crippen molar-refractivity contribution < 1.29 is 24.0 Å². The number of rotatable bonds is 7. The number of carbonyl (C=O) groups excluding carboxylic acids is 3. The highest BCUT2D eigenvalue weighted by atomic mass is 16.5. The van der Waals surface area contributed by atoms with Crippen LogP contribution in [0.2, 0.25) is 0 Å². The van der Waals surface area contributed by atoms with E-state index in [-0.39, 0.29) is 37.4 Å². The number of ether oxygens (including phenoxy) is 1. The summed E-state index contributed by atoms with van der Waals surface area (Å²) >= 11 is 0. The Morgan fingerprint density at radius 2 is 1.81 bits per heavy atom. The summed E-state index contributed by atoms with van der Waals surface area (Å²) in [5.74, 6) is -0.534. The fourth-order valence-corrected chi connectivity index (χ4v) is 2.84. The molecule has 148 valence electrons. The van der Waals surface area contributed by atoms with Gasteiger partial charge >= 0.3 is 0 Å². The molecule has 27 heavy (non-hydrogen) atoms. The number of aryl methyl sites for hydroxylation is 1. The summed E-state index contributed by atoms with van der Waals surface area (Å²) in [5.41, 5.74) is 2.84. The Morgan fingerprint density at radius 1 is 1.11 bits per heavy atom. The van der Waals surface area contributed by atoms with Crippen LogP contribution in [0.25, 0.3) is 0 Å². The van der Waals surface area contributed by atoms with Crippen molar-refractivity contribution in [3.63, 3.8) is 0 Å². The number of likely N-dealkylation sites (N-methyl/N-ethyl adjacent to an activating group) is 1. The zero-order chi connectivity index (χ0) is 19.8. The minimum Gasteiger partial charge on any atom is -0.378 e. The second kappa shape index (κ2) is 10.0. The van der Waals surface area contributed by atoms with Gasteiger partial charge in [-0.15, -0.1) is 0 Å². The molecule has 1 aliphatic rings. The van der Waals surface area contributed by atoms with E-state index >= 15 is 0 Å². The van der Waals surface area contributed by atoms with Gasteiger partial charge in [0.05, 0.1) is 26.8 Å². The van der Waals surface area contributed by atoms with Gasteiger partial charge in [0.1, 0.15) is 0 Å². The van der Waals surface area contributed by atoms with E-state index in [0.717, 1.165) is 21.7 Å². The van der Waals surface area contributed by atoms with Crippen molar-refractivity contribution in [1.29, 1.82) is 0 Å². The molecular formula is C19H29N4O4+. The van der Waals surface area contributed by atoms with Crippen LogP contribution in [-0.2, 0) is 19.1 Å². The lowest BCUT2D eigenvalue weighted by Crippen LogP contribution is -3.11. The summed E-state index contributed by atoms with van der Waals surface area (Å²) in [4.78, 5) is 38.8. The Balaban J connectivity index is 1.70. The van der Waals surface area contributed by atoms with Gasteiger partial charge in [-0.2, -0.15) is 0 Å². The number of hydrogen-bond acceptors (Lipinski definition) is 4. The normalized spacial score (nSPS) is 15.1. The number of amides is 3. The summed E-state index contributed by atoms with van der Waals surface area (Å²) in [6.45, 7) is 6.48. The number of nitrogens with one attached hydrogen (secondary N) is 3. The predicted molar refractivity (Wildman–Crippen MR) is 102 cm³/mol. The molecule has 0 saturated carbocycles. The molecule has 1 atom stereocenters. The molecule has 0 spiro atoms. The lowest BCUT2D eigenvalue weighted by atomic mass is 10.1. The molecule has 0 aliphatic carbocycles. The molecule has 1 unspecified atom stereocenters. The van der Waals surface area contributed by atoms with Crippen molar-refractivity contribution in [3.8, 4) is 0 Å². The smallest absolute Gasteiger partial charge is 0.277 e. The third kappa shape index (κ3) is 6.65. The van der Waals surface area contributed by atoms with Gasteiger partial charge in [0.2, 0.25) is 5.91 Å². The first-order valence-corrected chi connectivity index (χ1v) is 9.16. The van der Waals surface area contributed by atoms with Crippen LogP contribution in [0, 0.1) is 13.8 Å². The maximum Gasteiger partial charge on any atom is 0.277 e. The molecule has 1 heterocycles. The summed E-state index contributed by atoms with van der Waals surface area (Å²) < 4.78 is 5.23. The number of carbonyl (C=O) groups is 3. The predicted octanol–water partition coefficient (Wildman–Crippen LogP) is -1.27. The molecule has 0 radical (unpaired) electrons. The highest BCUT2D eigenvalue weighted by molar-refractivity contribution is 5.95. The first-order chi connectivity index (χ1) is 12.9. The molecule has 8 heteroatoms. The van der Waals surface area contributed by atoms with Crippen LogP contribution in [0.1, 0.15) is 11.1 Å². The molecule has 2 rings (SSSR count). The molecule has 8 nitrogen and oxygen atoms in total. The van der Waals surface area contributed by atoms with Crippen molar-refractivity contribution in [2.75, 3.05) is 58.3 Å². The van der Waals surface area contributed by atoms with Gasteiger partial charge < -0.3 is 25.2 Å². The zero-order valence-corrected chi connectivity index (χ0v) is 16.3. The van der Waals surface area contributed by atoms with Crippen molar-refractivity contribution in [3.05, 3.63) is 29.3 Å². The summed E-state index contributed by atoms with van der Waals surface area (Å²) in [7, 11) is 1.79. The summed E-state index contributed by atoms with van der Waals surface area (Å²) in [5, 5.41) is 5.41. The Labute approximate surface area is 159 Å². The van der Waals surface area contributed by atoms with E-state index in [2.05, 4.69) is 10.6 Å². The van der Waals surface area contributed by atoms with Crippen LogP contribution in [0.15, 0.2) is 18.2 Å². The number of hydrogen-bond donors (Lipinski definition) is 3. The van der Waals surface area contributed by atoms with Gasteiger partial charge in [-0.25, -0.2) is 0 Å². The third-order valence-corrected chi connectivity index (χ3v) is 4.60. The van der Waals surface area contributed by atoms with Gasteiger partial charge in [-0.05, 0) is 31.0 Å². The number of anilines is 1. The zero-order valence-electron chi connectivity index (χ0n) is 16.3. The maximum absolute atomic E-state index is 12.2. The van der Waals surface area contributed by atoms with Crippen molar-refractivity contribution in [2.45, 2.75) is 13.8 Å². The lowest BCUT2D eigenvalue weighted by Gasteiger charge is -2.27. The van der Waals surface area contributed by atoms with Gasteiger partial charge in [0.25, 0.3) is 11.8 Å².